The summed E-state index contributed by atoms with van der Waals surface area (Å²) in [4.78, 5) is 5.14. The lowest BCUT2D eigenvalue weighted by Crippen LogP contribution is -2.26. The molecule has 0 atom stereocenters. The Balaban J connectivity index is 1.27. The van der Waals surface area contributed by atoms with Crippen LogP contribution in [0.5, 0.6) is 0 Å². The Hall–Kier alpha value is -6.25. The van der Waals surface area contributed by atoms with Crippen LogP contribution < -0.4 is 0 Å². The van der Waals surface area contributed by atoms with Gasteiger partial charge in [0.15, 0.2) is 0 Å². The van der Waals surface area contributed by atoms with Crippen LogP contribution in [0, 0.1) is 0 Å². The van der Waals surface area contributed by atoms with Crippen LogP contribution in [0.4, 0.5) is 0 Å². The van der Waals surface area contributed by atoms with Crippen LogP contribution in [0.2, 0.25) is 0 Å². The number of nitrogens with zero attached hydrogens (tertiary/aromatic N) is 2. The molecule has 9 aromatic rings. The summed E-state index contributed by atoms with van der Waals surface area (Å²) in [6.07, 6.45) is 0. The molecule has 50 heavy (non-hydrogen) atoms. The molecule has 1 aromatic heterocycles. The zero-order valence-electron chi connectivity index (χ0n) is 27.7. The predicted molar refractivity (Wildman–Crippen MR) is 208 cm³/mol. The molecule has 0 saturated heterocycles. The lowest BCUT2D eigenvalue weighted by atomic mass is 9.70. The average Bonchev–Trinajstić information content (AvgIpc) is 3.82. The molecule has 8 aromatic carbocycles. The molecule has 2 heteroatoms. The van der Waals surface area contributed by atoms with E-state index in [2.05, 4.69) is 175 Å². The van der Waals surface area contributed by atoms with Crippen molar-refractivity contribution in [3.8, 4) is 44.8 Å². The molecule has 0 saturated carbocycles. The molecule has 2 aliphatic carbocycles. The summed E-state index contributed by atoms with van der Waals surface area (Å²) in [5.74, 6) is 1.01. The number of benzene rings is 8. The minimum atomic E-state index is -0.436. The molecule has 11 rings (SSSR count). The highest BCUT2D eigenvalue weighted by Crippen LogP contribution is 2.65. The third-order valence-electron chi connectivity index (χ3n) is 11.4. The quantitative estimate of drug-likeness (QED) is 0.189. The van der Waals surface area contributed by atoms with Gasteiger partial charge in [-0.3, -0.25) is 0 Å². The summed E-state index contributed by atoms with van der Waals surface area (Å²) < 4.78 is 2.33. The molecule has 234 valence electrons. The fourth-order valence-electron chi connectivity index (χ4n) is 9.43. The van der Waals surface area contributed by atoms with Gasteiger partial charge in [-0.2, -0.15) is 0 Å². The SMILES string of the molecule is CCn1c(-c2cccc(-c3cc4c(c5ccccc35)-c3c(ccc5ccccc35)C43c4ccccc4-c4ccccc43)c2)nc2ccccc21. The Labute approximate surface area is 290 Å². The first kappa shape index (κ1) is 27.7. The maximum atomic E-state index is 5.14. The standard InChI is InChI=1S/C48H32N2/c1-2-50-44-25-12-11-24-43(44)49-47(50)32-16-13-15-31(28-32)38-29-42-46(37-21-6-5-18-34(37)38)45-33-17-4-3-14-30(33)26-27-41(45)48(42)39-22-9-7-19-35(39)36-20-8-10-23-40(36)48/h3-29H,2H2,1H3. The van der Waals surface area contributed by atoms with Crippen LogP contribution in [0.1, 0.15) is 29.2 Å². The smallest absolute Gasteiger partial charge is 0.141 e. The maximum Gasteiger partial charge on any atom is 0.141 e. The van der Waals surface area contributed by atoms with Gasteiger partial charge in [-0.25, -0.2) is 4.98 Å². The van der Waals surface area contributed by atoms with Gasteiger partial charge in [-0.05, 0) is 108 Å². The topological polar surface area (TPSA) is 17.8 Å². The predicted octanol–water partition coefficient (Wildman–Crippen LogP) is 12.0. The van der Waals surface area contributed by atoms with Crippen molar-refractivity contribution >= 4 is 32.6 Å². The van der Waals surface area contributed by atoms with E-state index in [1.807, 2.05) is 0 Å². The summed E-state index contributed by atoms with van der Waals surface area (Å²) in [6.45, 7) is 3.06. The van der Waals surface area contributed by atoms with E-state index in [0.29, 0.717) is 0 Å². The molecule has 1 spiro atoms. The lowest BCUT2D eigenvalue weighted by molar-refractivity contribution is 0.795. The van der Waals surface area contributed by atoms with Gasteiger partial charge in [-0.15, -0.1) is 0 Å². The van der Waals surface area contributed by atoms with Crippen LogP contribution in [0.3, 0.4) is 0 Å². The second kappa shape index (κ2) is 10.1. The second-order valence-corrected chi connectivity index (χ2v) is 13.7. The molecule has 0 bridgehead atoms. The van der Waals surface area contributed by atoms with Gasteiger partial charge in [0.2, 0.25) is 0 Å². The van der Waals surface area contributed by atoms with Gasteiger partial charge < -0.3 is 4.57 Å². The van der Waals surface area contributed by atoms with Crippen LogP contribution in [-0.4, -0.2) is 9.55 Å². The normalized spacial score (nSPS) is 13.5. The zero-order chi connectivity index (χ0) is 33.0. The summed E-state index contributed by atoms with van der Waals surface area (Å²) in [6, 6.07) is 60.9. The van der Waals surface area contributed by atoms with Crippen molar-refractivity contribution in [2.75, 3.05) is 0 Å². The Morgan fingerprint density at radius 2 is 1.12 bits per heavy atom. The molecule has 0 unspecified atom stereocenters. The van der Waals surface area contributed by atoms with Gasteiger partial charge in [0.25, 0.3) is 0 Å². The van der Waals surface area contributed by atoms with Crippen LogP contribution in [0.15, 0.2) is 164 Å². The third kappa shape index (κ3) is 3.45. The number of hydrogen-bond donors (Lipinski definition) is 0. The van der Waals surface area contributed by atoms with Crippen molar-refractivity contribution in [2.24, 2.45) is 0 Å². The Kier molecular flexibility index (Phi) is 5.61. The van der Waals surface area contributed by atoms with E-state index in [-0.39, 0.29) is 0 Å². The van der Waals surface area contributed by atoms with Gasteiger partial charge in [0, 0.05) is 12.1 Å². The minimum Gasteiger partial charge on any atom is -0.324 e. The highest BCUT2D eigenvalue weighted by atomic mass is 15.1. The number of aromatic nitrogens is 2. The number of aryl methyl sites for hydroxylation is 1. The van der Waals surface area contributed by atoms with Crippen LogP contribution >= 0.6 is 0 Å². The highest BCUT2D eigenvalue weighted by Gasteiger charge is 2.52. The fourth-order valence-corrected chi connectivity index (χ4v) is 9.43. The average molecular weight is 637 g/mol. The first-order valence-corrected chi connectivity index (χ1v) is 17.6. The van der Waals surface area contributed by atoms with E-state index < -0.39 is 5.41 Å². The lowest BCUT2D eigenvalue weighted by Gasteiger charge is -2.31. The van der Waals surface area contributed by atoms with Crippen molar-refractivity contribution < 1.29 is 0 Å². The number of hydrogen-bond acceptors (Lipinski definition) is 1. The first-order valence-electron chi connectivity index (χ1n) is 17.6. The molecule has 0 N–H and O–H groups in total. The molecular weight excluding hydrogens is 605 g/mol. The van der Waals surface area contributed by atoms with E-state index in [1.165, 1.54) is 82.7 Å². The van der Waals surface area contributed by atoms with Crippen molar-refractivity contribution in [3.63, 3.8) is 0 Å². The molecular formula is C48H32N2. The second-order valence-electron chi connectivity index (χ2n) is 13.7. The van der Waals surface area contributed by atoms with Crippen LogP contribution in [0.25, 0.3) is 77.3 Å². The van der Waals surface area contributed by atoms with E-state index >= 15 is 0 Å². The third-order valence-corrected chi connectivity index (χ3v) is 11.4. The highest BCUT2D eigenvalue weighted by molar-refractivity contribution is 6.16. The fraction of sp³-hybridized carbons (Fsp3) is 0.0625. The monoisotopic (exact) mass is 636 g/mol. The largest absolute Gasteiger partial charge is 0.324 e. The van der Waals surface area contributed by atoms with E-state index in [1.54, 1.807) is 0 Å². The Morgan fingerprint density at radius 1 is 0.480 bits per heavy atom. The molecule has 0 amide bonds. The summed E-state index contributed by atoms with van der Waals surface area (Å²) in [5.41, 5.74) is 16.2. The van der Waals surface area contributed by atoms with Gasteiger partial charge >= 0.3 is 0 Å². The summed E-state index contributed by atoms with van der Waals surface area (Å²) >= 11 is 0. The number of para-hydroxylation sites is 2. The van der Waals surface area contributed by atoms with Crippen molar-refractivity contribution in [2.45, 2.75) is 18.9 Å². The minimum absolute atomic E-state index is 0.436. The zero-order valence-corrected chi connectivity index (χ0v) is 27.7. The van der Waals surface area contributed by atoms with Gasteiger partial charge in [-0.1, -0.05) is 140 Å². The molecule has 1 heterocycles. The van der Waals surface area contributed by atoms with Crippen molar-refractivity contribution in [1.29, 1.82) is 0 Å². The maximum absolute atomic E-state index is 5.14. The number of fused-ring (bicyclic) bond motifs is 15. The van der Waals surface area contributed by atoms with Crippen molar-refractivity contribution in [1.82, 2.24) is 9.55 Å². The Bertz CT molecular complexity index is 2830. The van der Waals surface area contributed by atoms with E-state index in [9.17, 15) is 0 Å². The Morgan fingerprint density at radius 3 is 1.92 bits per heavy atom. The number of imidazole rings is 1. The molecule has 2 nitrogen and oxygen atoms in total. The van der Waals surface area contributed by atoms with Crippen molar-refractivity contribution in [3.05, 3.63) is 186 Å². The van der Waals surface area contributed by atoms with E-state index in [0.717, 1.165) is 23.4 Å². The molecule has 0 radical (unpaired) electrons. The summed E-state index contributed by atoms with van der Waals surface area (Å²) in [5, 5.41) is 5.14. The van der Waals surface area contributed by atoms with Gasteiger partial charge in [0.05, 0.1) is 16.4 Å². The molecule has 0 aliphatic heterocycles. The molecule has 2 aliphatic rings. The van der Waals surface area contributed by atoms with E-state index in [4.69, 9.17) is 4.98 Å². The summed E-state index contributed by atoms with van der Waals surface area (Å²) in [7, 11) is 0. The number of rotatable bonds is 3. The molecule has 0 fully saturated rings. The van der Waals surface area contributed by atoms with Gasteiger partial charge in [0.1, 0.15) is 5.82 Å². The first-order chi connectivity index (χ1) is 24.8. The van der Waals surface area contributed by atoms with Crippen LogP contribution in [-0.2, 0) is 12.0 Å².